The maximum absolute atomic E-state index is 8.58. The third kappa shape index (κ3) is 5.59. The van der Waals surface area contributed by atoms with Gasteiger partial charge in [-0.05, 0) is 37.6 Å². The van der Waals surface area contributed by atoms with Gasteiger partial charge in [0, 0.05) is 6.04 Å². The molecule has 1 atom stereocenters. The van der Waals surface area contributed by atoms with Crippen LogP contribution in [-0.2, 0) is 4.74 Å². The summed E-state index contributed by atoms with van der Waals surface area (Å²) in [4.78, 5) is 0. The largest absolute Gasteiger partial charge is 0.491 e. The molecule has 0 aliphatic heterocycles. The molecule has 0 aliphatic rings. The van der Waals surface area contributed by atoms with Gasteiger partial charge >= 0.3 is 0 Å². The third-order valence-corrected chi connectivity index (χ3v) is 2.93. The highest BCUT2D eigenvalue weighted by atomic mass is 16.5. The summed E-state index contributed by atoms with van der Waals surface area (Å²) in [6.07, 6.45) is 0. The number of aliphatic hydroxyl groups is 1. The summed E-state index contributed by atoms with van der Waals surface area (Å²) in [5.74, 6) is 0.889. The summed E-state index contributed by atoms with van der Waals surface area (Å²) in [5, 5.41) is 12.0. The first-order chi connectivity index (χ1) is 9.19. The van der Waals surface area contributed by atoms with Crippen molar-refractivity contribution in [2.24, 2.45) is 0 Å². The lowest BCUT2D eigenvalue weighted by molar-refractivity contribution is 0.0703. The molecule has 4 heteroatoms. The van der Waals surface area contributed by atoms with Crippen molar-refractivity contribution >= 4 is 0 Å². The Balaban J connectivity index is 2.47. The molecule has 0 bridgehead atoms. The molecule has 0 amide bonds. The second kappa shape index (κ2) is 8.91. The minimum absolute atomic E-state index is 0.0516. The molecule has 2 N–H and O–H groups in total. The number of benzene rings is 1. The molecule has 0 saturated carbocycles. The molecule has 0 aromatic heterocycles. The number of hydrogen-bond donors (Lipinski definition) is 2. The molecule has 0 radical (unpaired) electrons. The van der Waals surface area contributed by atoms with Crippen molar-refractivity contribution in [1.82, 2.24) is 5.32 Å². The Hall–Kier alpha value is -1.10. The van der Waals surface area contributed by atoms with E-state index in [1.165, 1.54) is 5.56 Å². The zero-order valence-corrected chi connectivity index (χ0v) is 12.1. The SMILES string of the molecule is CCNC(C)c1ccc(OCCOCCO)c(C)c1. The van der Waals surface area contributed by atoms with Crippen molar-refractivity contribution in [3.05, 3.63) is 29.3 Å². The minimum atomic E-state index is 0.0516. The zero-order chi connectivity index (χ0) is 14.1. The van der Waals surface area contributed by atoms with Gasteiger partial charge < -0.3 is 19.9 Å². The second-order valence-electron chi connectivity index (χ2n) is 4.49. The number of aliphatic hydroxyl groups excluding tert-OH is 1. The molecule has 0 heterocycles. The molecule has 0 fully saturated rings. The van der Waals surface area contributed by atoms with Crippen molar-refractivity contribution in [1.29, 1.82) is 0 Å². The first-order valence-corrected chi connectivity index (χ1v) is 6.84. The smallest absolute Gasteiger partial charge is 0.122 e. The van der Waals surface area contributed by atoms with E-state index in [2.05, 4.69) is 31.3 Å². The van der Waals surface area contributed by atoms with Gasteiger partial charge in [-0.25, -0.2) is 0 Å². The topological polar surface area (TPSA) is 50.7 Å². The number of rotatable bonds is 9. The predicted octanol–water partition coefficient (Wildman–Crippen LogP) is 2.05. The Morgan fingerprint density at radius 2 is 2.05 bits per heavy atom. The summed E-state index contributed by atoms with van der Waals surface area (Å²) in [5.41, 5.74) is 2.40. The van der Waals surface area contributed by atoms with Gasteiger partial charge in [-0.15, -0.1) is 0 Å². The van der Waals surface area contributed by atoms with Crippen LogP contribution >= 0.6 is 0 Å². The van der Waals surface area contributed by atoms with Crippen LogP contribution in [0.25, 0.3) is 0 Å². The lowest BCUT2D eigenvalue weighted by Crippen LogP contribution is -2.17. The molecule has 1 rings (SSSR count). The van der Waals surface area contributed by atoms with Crippen LogP contribution in [0.5, 0.6) is 5.75 Å². The van der Waals surface area contributed by atoms with E-state index in [1.54, 1.807) is 0 Å². The lowest BCUT2D eigenvalue weighted by atomic mass is 10.1. The van der Waals surface area contributed by atoms with Crippen LogP contribution in [0.15, 0.2) is 18.2 Å². The van der Waals surface area contributed by atoms with E-state index in [4.69, 9.17) is 14.6 Å². The Morgan fingerprint density at radius 1 is 1.26 bits per heavy atom. The van der Waals surface area contributed by atoms with Gasteiger partial charge in [-0.2, -0.15) is 0 Å². The summed E-state index contributed by atoms with van der Waals surface area (Å²) >= 11 is 0. The van der Waals surface area contributed by atoms with Gasteiger partial charge in [-0.3, -0.25) is 0 Å². The van der Waals surface area contributed by atoms with Crippen LogP contribution < -0.4 is 10.1 Å². The van der Waals surface area contributed by atoms with Gasteiger partial charge in [0.2, 0.25) is 0 Å². The molecule has 1 aromatic carbocycles. The van der Waals surface area contributed by atoms with Crippen molar-refractivity contribution in [2.45, 2.75) is 26.8 Å². The van der Waals surface area contributed by atoms with E-state index in [1.807, 2.05) is 13.0 Å². The van der Waals surface area contributed by atoms with Gasteiger partial charge in [-0.1, -0.05) is 19.1 Å². The predicted molar refractivity (Wildman–Crippen MR) is 76.7 cm³/mol. The van der Waals surface area contributed by atoms with E-state index >= 15 is 0 Å². The fraction of sp³-hybridized carbons (Fsp3) is 0.600. The Bertz CT molecular complexity index is 368. The van der Waals surface area contributed by atoms with Crippen LogP contribution in [0, 0.1) is 6.92 Å². The van der Waals surface area contributed by atoms with Gasteiger partial charge in [0.1, 0.15) is 12.4 Å². The summed E-state index contributed by atoms with van der Waals surface area (Å²) in [7, 11) is 0. The standard InChI is InChI=1S/C15H25NO3/c1-4-16-13(3)14-5-6-15(12(2)11-14)19-10-9-18-8-7-17/h5-6,11,13,16-17H,4,7-10H2,1-3H3. The molecule has 0 aliphatic carbocycles. The minimum Gasteiger partial charge on any atom is -0.491 e. The van der Waals surface area contributed by atoms with E-state index in [9.17, 15) is 0 Å². The fourth-order valence-electron chi connectivity index (χ4n) is 1.91. The average Bonchev–Trinajstić information content (AvgIpc) is 2.40. The van der Waals surface area contributed by atoms with Crippen LogP contribution in [0.3, 0.4) is 0 Å². The number of hydrogen-bond acceptors (Lipinski definition) is 4. The summed E-state index contributed by atoms with van der Waals surface area (Å²) in [6.45, 7) is 8.68. The number of ether oxygens (including phenoxy) is 2. The number of aryl methyl sites for hydroxylation is 1. The average molecular weight is 267 g/mol. The maximum Gasteiger partial charge on any atom is 0.122 e. The highest BCUT2D eigenvalue weighted by Crippen LogP contribution is 2.22. The third-order valence-electron chi connectivity index (χ3n) is 2.93. The van der Waals surface area contributed by atoms with Crippen LogP contribution in [0.4, 0.5) is 0 Å². The first-order valence-electron chi connectivity index (χ1n) is 6.84. The quantitative estimate of drug-likeness (QED) is 0.672. The molecule has 1 aromatic rings. The van der Waals surface area contributed by atoms with Gasteiger partial charge in [0.25, 0.3) is 0 Å². The van der Waals surface area contributed by atoms with Crippen LogP contribution in [0.2, 0.25) is 0 Å². The normalized spacial score (nSPS) is 12.4. The highest BCUT2D eigenvalue weighted by molar-refractivity contribution is 5.37. The molecule has 19 heavy (non-hydrogen) atoms. The lowest BCUT2D eigenvalue weighted by Gasteiger charge is -2.15. The number of nitrogens with one attached hydrogen (secondary N) is 1. The molecular weight excluding hydrogens is 242 g/mol. The molecule has 1 unspecified atom stereocenters. The van der Waals surface area contributed by atoms with Crippen LogP contribution in [-0.4, -0.2) is 38.1 Å². The van der Waals surface area contributed by atoms with E-state index < -0.39 is 0 Å². The van der Waals surface area contributed by atoms with Crippen molar-refractivity contribution in [3.8, 4) is 5.75 Å². The fourth-order valence-corrected chi connectivity index (χ4v) is 1.91. The van der Waals surface area contributed by atoms with Crippen molar-refractivity contribution in [2.75, 3.05) is 33.0 Å². The summed E-state index contributed by atoms with van der Waals surface area (Å²) in [6, 6.07) is 6.59. The second-order valence-corrected chi connectivity index (χ2v) is 4.49. The summed E-state index contributed by atoms with van der Waals surface area (Å²) < 4.78 is 10.8. The monoisotopic (exact) mass is 267 g/mol. The Kier molecular flexibility index (Phi) is 7.48. The molecule has 0 saturated heterocycles. The van der Waals surface area contributed by atoms with E-state index in [-0.39, 0.29) is 6.61 Å². The Morgan fingerprint density at radius 3 is 2.68 bits per heavy atom. The molecule has 4 nitrogen and oxygen atoms in total. The molecular formula is C15H25NO3. The maximum atomic E-state index is 8.58. The van der Waals surface area contributed by atoms with E-state index in [0.717, 1.165) is 17.9 Å². The van der Waals surface area contributed by atoms with Crippen molar-refractivity contribution < 1.29 is 14.6 Å². The first kappa shape index (κ1) is 16.0. The van der Waals surface area contributed by atoms with Gasteiger partial charge in [0.15, 0.2) is 0 Å². The van der Waals surface area contributed by atoms with Crippen LogP contribution in [0.1, 0.15) is 31.0 Å². The van der Waals surface area contributed by atoms with E-state index in [0.29, 0.717) is 25.9 Å². The van der Waals surface area contributed by atoms with Gasteiger partial charge in [0.05, 0.1) is 19.8 Å². The zero-order valence-electron chi connectivity index (χ0n) is 12.1. The molecule has 108 valence electrons. The Labute approximate surface area is 115 Å². The van der Waals surface area contributed by atoms with Crippen molar-refractivity contribution in [3.63, 3.8) is 0 Å². The highest BCUT2D eigenvalue weighted by Gasteiger charge is 2.06. The molecule has 0 spiro atoms.